The summed E-state index contributed by atoms with van der Waals surface area (Å²) < 4.78 is 18.6. The van der Waals surface area contributed by atoms with Crippen LogP contribution in [-0.4, -0.2) is 41.9 Å². The number of carbonyl (C=O) groups excluding carboxylic acids is 3. The maximum atomic E-state index is 13.3. The van der Waals surface area contributed by atoms with Gasteiger partial charge in [0.25, 0.3) is 0 Å². The summed E-state index contributed by atoms with van der Waals surface area (Å²) in [5.74, 6) is -2.91. The second-order valence-electron chi connectivity index (χ2n) is 6.99. The predicted octanol–water partition coefficient (Wildman–Crippen LogP) is 0.777. The van der Waals surface area contributed by atoms with Crippen LogP contribution in [0, 0.1) is 17.7 Å². The maximum Gasteiger partial charge on any atom is 0.368 e. The molecular formula is C19H24FN2O4+. The van der Waals surface area contributed by atoms with Crippen LogP contribution in [0.15, 0.2) is 24.3 Å². The number of fused-ring (bicyclic) bond motifs is 1. The number of quaternary nitrogens is 1. The molecule has 0 unspecified atom stereocenters. The number of benzene rings is 1. The molecule has 140 valence electrons. The Bertz CT molecular complexity index is 736. The molecule has 2 saturated heterocycles. The number of esters is 1. The van der Waals surface area contributed by atoms with Crippen LogP contribution in [0.25, 0.3) is 0 Å². The lowest BCUT2D eigenvalue weighted by Crippen LogP contribution is -2.98. The normalized spacial score (nSPS) is 30.6. The Labute approximate surface area is 151 Å². The molecule has 1 aromatic rings. The summed E-state index contributed by atoms with van der Waals surface area (Å²) in [6, 6.07) is 5.44. The Morgan fingerprint density at radius 2 is 1.88 bits per heavy atom. The summed E-state index contributed by atoms with van der Waals surface area (Å²) in [6.07, 6.45) is 1.09. The fraction of sp³-hybridized carbons (Fsp3) is 0.526. The molecule has 0 radical (unpaired) electrons. The lowest BCUT2D eigenvalue weighted by molar-refractivity contribution is -0.735. The number of imide groups is 1. The number of nitrogens with zero attached hydrogens (tertiary/aromatic N) is 1. The van der Waals surface area contributed by atoms with Gasteiger partial charge in [0, 0.05) is 19.0 Å². The molecule has 0 spiro atoms. The van der Waals surface area contributed by atoms with E-state index in [2.05, 4.69) is 0 Å². The van der Waals surface area contributed by atoms with E-state index in [4.69, 9.17) is 4.74 Å². The zero-order chi connectivity index (χ0) is 19.1. The maximum absolute atomic E-state index is 13.3. The largest absolute Gasteiger partial charge is 0.461 e. The van der Waals surface area contributed by atoms with Crippen molar-refractivity contribution in [2.24, 2.45) is 11.8 Å². The molecule has 0 aromatic heterocycles. The van der Waals surface area contributed by atoms with Crippen molar-refractivity contribution in [2.45, 2.75) is 38.3 Å². The van der Waals surface area contributed by atoms with Crippen LogP contribution in [0.2, 0.25) is 0 Å². The highest BCUT2D eigenvalue weighted by Crippen LogP contribution is 2.45. The van der Waals surface area contributed by atoms with Gasteiger partial charge in [0.1, 0.15) is 23.7 Å². The Morgan fingerprint density at radius 1 is 1.23 bits per heavy atom. The van der Waals surface area contributed by atoms with E-state index in [1.54, 1.807) is 24.4 Å². The molecule has 2 aliphatic rings. The van der Waals surface area contributed by atoms with Gasteiger partial charge in [0.2, 0.25) is 17.4 Å². The van der Waals surface area contributed by atoms with E-state index in [1.807, 2.05) is 6.92 Å². The van der Waals surface area contributed by atoms with Crippen LogP contribution >= 0.6 is 0 Å². The SMILES string of the molecule is CCC[C@@]1(C(=O)OCC)[NH2+][C@@H](c2ccc(F)cc2)[C@H]2C(=O)N(C)C(=O)[C@@H]21. The molecule has 0 aliphatic carbocycles. The molecule has 0 saturated carbocycles. The number of likely N-dealkylation sites (tertiary alicyclic amines) is 1. The van der Waals surface area contributed by atoms with Crippen LogP contribution in [0.3, 0.4) is 0 Å². The quantitative estimate of drug-likeness (QED) is 0.619. The van der Waals surface area contributed by atoms with Crippen molar-refractivity contribution >= 4 is 17.8 Å². The number of carbonyl (C=O) groups is 3. The molecule has 3 rings (SSSR count). The molecule has 2 fully saturated rings. The summed E-state index contributed by atoms with van der Waals surface area (Å²) in [4.78, 5) is 39.6. The Hall–Kier alpha value is -2.28. The van der Waals surface area contributed by atoms with Crippen LogP contribution in [0.1, 0.15) is 38.3 Å². The van der Waals surface area contributed by atoms with Gasteiger partial charge in [-0.05, 0) is 25.5 Å². The second kappa shape index (κ2) is 6.79. The molecule has 7 heteroatoms. The minimum Gasteiger partial charge on any atom is -0.461 e. The Kier molecular flexibility index (Phi) is 4.84. The monoisotopic (exact) mass is 363 g/mol. The number of amides is 2. The summed E-state index contributed by atoms with van der Waals surface area (Å²) in [6.45, 7) is 3.85. The minimum absolute atomic E-state index is 0.203. The van der Waals surface area contributed by atoms with Gasteiger partial charge in [0.05, 0.1) is 6.61 Å². The molecule has 2 aliphatic heterocycles. The average Bonchev–Trinajstić information content (AvgIpc) is 3.07. The van der Waals surface area contributed by atoms with Crippen LogP contribution in [0.4, 0.5) is 4.39 Å². The van der Waals surface area contributed by atoms with Crippen molar-refractivity contribution in [3.05, 3.63) is 35.6 Å². The summed E-state index contributed by atoms with van der Waals surface area (Å²) in [7, 11) is 1.45. The van der Waals surface area contributed by atoms with E-state index in [-0.39, 0.29) is 24.2 Å². The number of hydrogen-bond donors (Lipinski definition) is 1. The van der Waals surface area contributed by atoms with E-state index in [0.717, 1.165) is 10.5 Å². The van der Waals surface area contributed by atoms with E-state index in [1.165, 1.54) is 19.2 Å². The molecule has 1 aromatic carbocycles. The van der Waals surface area contributed by atoms with E-state index in [9.17, 15) is 18.8 Å². The van der Waals surface area contributed by atoms with Crippen molar-refractivity contribution in [1.82, 2.24) is 4.90 Å². The van der Waals surface area contributed by atoms with Gasteiger partial charge in [0.15, 0.2) is 0 Å². The first-order valence-corrected chi connectivity index (χ1v) is 8.97. The number of hydrogen-bond acceptors (Lipinski definition) is 4. The van der Waals surface area contributed by atoms with E-state index < -0.39 is 29.4 Å². The molecule has 2 heterocycles. The molecule has 2 amide bonds. The first kappa shape index (κ1) is 18.5. The van der Waals surface area contributed by atoms with E-state index >= 15 is 0 Å². The summed E-state index contributed by atoms with van der Waals surface area (Å²) >= 11 is 0. The zero-order valence-corrected chi connectivity index (χ0v) is 15.2. The summed E-state index contributed by atoms with van der Waals surface area (Å²) in [5, 5.41) is 1.81. The van der Waals surface area contributed by atoms with E-state index in [0.29, 0.717) is 12.8 Å². The molecular weight excluding hydrogens is 339 g/mol. The topological polar surface area (TPSA) is 80.3 Å². The standard InChI is InChI=1S/C19H23FN2O4/c1-4-10-19(18(25)26-5-2)14-13(16(23)22(3)17(14)24)15(21-19)11-6-8-12(20)9-7-11/h6-9,13-15,21H,4-5,10H2,1-3H3/p+1/t13-,14+,15-,19+/m0/s1. The minimum atomic E-state index is -1.13. The fourth-order valence-electron chi connectivity index (χ4n) is 4.47. The van der Waals surface area contributed by atoms with Crippen molar-refractivity contribution in [3.8, 4) is 0 Å². The highest BCUT2D eigenvalue weighted by Gasteiger charge is 2.71. The first-order chi connectivity index (χ1) is 12.4. The van der Waals surface area contributed by atoms with Gasteiger partial charge in [-0.1, -0.05) is 19.1 Å². The Morgan fingerprint density at radius 3 is 2.46 bits per heavy atom. The highest BCUT2D eigenvalue weighted by atomic mass is 19.1. The van der Waals surface area contributed by atoms with Gasteiger partial charge >= 0.3 is 5.97 Å². The van der Waals surface area contributed by atoms with Gasteiger partial charge in [-0.15, -0.1) is 0 Å². The first-order valence-electron chi connectivity index (χ1n) is 8.97. The third-order valence-corrected chi connectivity index (χ3v) is 5.56. The van der Waals surface area contributed by atoms with Crippen molar-refractivity contribution in [2.75, 3.05) is 13.7 Å². The van der Waals surface area contributed by atoms with Gasteiger partial charge in [-0.3, -0.25) is 14.5 Å². The van der Waals surface area contributed by atoms with Crippen LogP contribution in [0.5, 0.6) is 0 Å². The smallest absolute Gasteiger partial charge is 0.368 e. The third-order valence-electron chi connectivity index (χ3n) is 5.56. The molecule has 4 atom stereocenters. The van der Waals surface area contributed by atoms with Crippen molar-refractivity contribution < 1.29 is 28.8 Å². The number of nitrogens with two attached hydrogens (primary N) is 1. The lowest BCUT2D eigenvalue weighted by Gasteiger charge is -2.28. The number of halogens is 1. The number of rotatable bonds is 5. The molecule has 2 N–H and O–H groups in total. The number of ether oxygens (including phenoxy) is 1. The van der Waals surface area contributed by atoms with Crippen LogP contribution < -0.4 is 5.32 Å². The second-order valence-corrected chi connectivity index (χ2v) is 6.99. The lowest BCUT2D eigenvalue weighted by atomic mass is 9.77. The average molecular weight is 363 g/mol. The van der Waals surface area contributed by atoms with Gasteiger partial charge < -0.3 is 10.1 Å². The highest BCUT2D eigenvalue weighted by molar-refractivity contribution is 6.08. The molecule has 26 heavy (non-hydrogen) atoms. The van der Waals surface area contributed by atoms with Crippen LogP contribution in [-0.2, 0) is 19.1 Å². The zero-order valence-electron chi connectivity index (χ0n) is 15.2. The Balaban J connectivity index is 2.11. The van der Waals surface area contributed by atoms with Crippen molar-refractivity contribution in [3.63, 3.8) is 0 Å². The van der Waals surface area contributed by atoms with Gasteiger partial charge in [-0.25, -0.2) is 9.18 Å². The predicted molar refractivity (Wildman–Crippen MR) is 90.1 cm³/mol. The summed E-state index contributed by atoms with van der Waals surface area (Å²) in [5.41, 5.74) is -0.411. The molecule has 6 nitrogen and oxygen atoms in total. The fourth-order valence-corrected chi connectivity index (χ4v) is 4.47. The molecule has 0 bridgehead atoms. The van der Waals surface area contributed by atoms with Crippen molar-refractivity contribution in [1.29, 1.82) is 0 Å². The van der Waals surface area contributed by atoms with Gasteiger partial charge in [-0.2, -0.15) is 0 Å². The third kappa shape index (κ3) is 2.61.